The largest absolute Gasteiger partial charge is 0.454 e. The highest BCUT2D eigenvalue weighted by atomic mass is 35.5. The molecule has 0 bridgehead atoms. The van der Waals surface area contributed by atoms with Gasteiger partial charge in [0.25, 0.3) is 0 Å². The van der Waals surface area contributed by atoms with E-state index in [4.69, 9.17) is 26.3 Å². The summed E-state index contributed by atoms with van der Waals surface area (Å²) in [7, 11) is 0. The molecule has 1 aliphatic heterocycles. The van der Waals surface area contributed by atoms with Crippen molar-refractivity contribution in [3.8, 4) is 17.6 Å². The Morgan fingerprint density at radius 3 is 2.76 bits per heavy atom. The van der Waals surface area contributed by atoms with Gasteiger partial charge in [0, 0.05) is 18.7 Å². The summed E-state index contributed by atoms with van der Waals surface area (Å²) in [5, 5.41) is 12.4. The molecule has 21 heavy (non-hydrogen) atoms. The molecule has 0 fully saturated rings. The molecule has 4 nitrogen and oxygen atoms in total. The summed E-state index contributed by atoms with van der Waals surface area (Å²) in [5.74, 6) is 0.709. The second-order valence-corrected chi connectivity index (χ2v) is 4.87. The summed E-state index contributed by atoms with van der Waals surface area (Å²) < 4.78 is 23.8. The number of ether oxygens (including phenoxy) is 2. The first-order chi connectivity index (χ1) is 10.2. The number of rotatable bonds is 3. The molecule has 6 heteroatoms. The zero-order valence-corrected chi connectivity index (χ0v) is 11.6. The van der Waals surface area contributed by atoms with Crippen molar-refractivity contribution in [1.29, 1.82) is 5.26 Å². The molecule has 2 aromatic rings. The smallest absolute Gasteiger partial charge is 0.231 e. The van der Waals surface area contributed by atoms with E-state index in [0.29, 0.717) is 28.8 Å². The van der Waals surface area contributed by atoms with Crippen molar-refractivity contribution < 1.29 is 13.9 Å². The van der Waals surface area contributed by atoms with Crippen LogP contribution in [-0.4, -0.2) is 6.79 Å². The van der Waals surface area contributed by atoms with E-state index >= 15 is 0 Å². The zero-order chi connectivity index (χ0) is 14.8. The maximum atomic E-state index is 13.3. The fourth-order valence-corrected chi connectivity index (χ4v) is 2.24. The Morgan fingerprint density at radius 1 is 1.24 bits per heavy atom. The number of benzene rings is 2. The maximum absolute atomic E-state index is 13.3. The van der Waals surface area contributed by atoms with Crippen LogP contribution in [0.3, 0.4) is 0 Å². The van der Waals surface area contributed by atoms with Gasteiger partial charge in [-0.3, -0.25) is 0 Å². The Morgan fingerprint density at radius 2 is 2.00 bits per heavy atom. The van der Waals surface area contributed by atoms with E-state index < -0.39 is 5.82 Å². The van der Waals surface area contributed by atoms with E-state index in [1.165, 1.54) is 12.1 Å². The predicted octanol–water partition coefficient (Wildman–Crippen LogP) is 3.69. The molecule has 0 amide bonds. The number of nitrogens with zero attached hydrogens (tertiary/aromatic N) is 1. The van der Waals surface area contributed by atoms with Crippen LogP contribution in [0.4, 0.5) is 10.1 Å². The summed E-state index contributed by atoms with van der Waals surface area (Å²) >= 11 is 6.15. The van der Waals surface area contributed by atoms with Crippen LogP contribution in [0.2, 0.25) is 5.02 Å². The van der Waals surface area contributed by atoms with E-state index in [2.05, 4.69) is 5.32 Å². The average molecular weight is 305 g/mol. The first-order valence-corrected chi connectivity index (χ1v) is 6.56. The van der Waals surface area contributed by atoms with Gasteiger partial charge in [-0.25, -0.2) is 4.39 Å². The summed E-state index contributed by atoms with van der Waals surface area (Å²) in [6, 6.07) is 9.63. The monoisotopic (exact) mass is 304 g/mol. The van der Waals surface area contributed by atoms with Crippen LogP contribution in [0.5, 0.6) is 11.5 Å². The summed E-state index contributed by atoms with van der Waals surface area (Å²) in [6.07, 6.45) is 0. The van der Waals surface area contributed by atoms with Crippen molar-refractivity contribution in [2.24, 2.45) is 0 Å². The molecule has 1 aliphatic rings. The molecule has 0 aliphatic carbocycles. The van der Waals surface area contributed by atoms with Gasteiger partial charge in [0.15, 0.2) is 11.5 Å². The highest BCUT2D eigenvalue weighted by Gasteiger charge is 2.16. The van der Waals surface area contributed by atoms with Crippen LogP contribution >= 0.6 is 11.6 Å². The summed E-state index contributed by atoms with van der Waals surface area (Å²) in [5.41, 5.74) is 1.48. The number of anilines is 1. The number of nitriles is 1. The van der Waals surface area contributed by atoms with E-state index in [0.717, 1.165) is 5.56 Å². The molecular formula is C15H10ClFN2O2. The standard InChI is InChI=1S/C15H10ClFN2O2/c16-11-4-14-15(21-8-20-14)5-13(11)19-7-9-1-2-12(17)10(3-9)6-18/h1-5,19H,7-8H2. The lowest BCUT2D eigenvalue weighted by molar-refractivity contribution is 0.174. The predicted molar refractivity (Wildman–Crippen MR) is 76.0 cm³/mol. The fraction of sp³-hybridized carbons (Fsp3) is 0.133. The second kappa shape index (κ2) is 5.51. The Balaban J connectivity index is 1.78. The molecule has 106 valence electrons. The van der Waals surface area contributed by atoms with Crippen LogP contribution in [0.25, 0.3) is 0 Å². The van der Waals surface area contributed by atoms with Gasteiger partial charge in [-0.1, -0.05) is 17.7 Å². The van der Waals surface area contributed by atoms with E-state index in [9.17, 15) is 4.39 Å². The number of hydrogen-bond acceptors (Lipinski definition) is 4. The molecule has 0 spiro atoms. The van der Waals surface area contributed by atoms with Gasteiger partial charge in [-0.05, 0) is 17.7 Å². The Bertz CT molecular complexity index is 743. The first-order valence-electron chi connectivity index (χ1n) is 6.19. The minimum absolute atomic E-state index is 0.0195. The fourth-order valence-electron chi connectivity index (χ4n) is 2.02. The minimum Gasteiger partial charge on any atom is -0.454 e. The van der Waals surface area contributed by atoms with Crippen LogP contribution in [-0.2, 0) is 6.54 Å². The number of hydrogen-bond donors (Lipinski definition) is 1. The molecule has 3 rings (SSSR count). The molecule has 2 aromatic carbocycles. The minimum atomic E-state index is -0.526. The Labute approximate surface area is 125 Å². The Kier molecular flexibility index (Phi) is 3.55. The van der Waals surface area contributed by atoms with Gasteiger partial charge in [0.2, 0.25) is 6.79 Å². The second-order valence-electron chi connectivity index (χ2n) is 4.46. The number of halogens is 2. The van der Waals surface area contributed by atoms with Crippen molar-refractivity contribution in [2.45, 2.75) is 6.54 Å². The molecule has 0 radical (unpaired) electrons. The number of fused-ring (bicyclic) bond motifs is 1. The molecule has 0 saturated carbocycles. The molecule has 0 aromatic heterocycles. The summed E-state index contributed by atoms with van der Waals surface area (Å²) in [4.78, 5) is 0. The zero-order valence-electron chi connectivity index (χ0n) is 10.8. The molecule has 0 unspecified atom stereocenters. The molecule has 0 saturated heterocycles. The van der Waals surface area contributed by atoms with Crippen molar-refractivity contribution in [3.63, 3.8) is 0 Å². The number of nitrogens with one attached hydrogen (secondary N) is 1. The summed E-state index contributed by atoms with van der Waals surface area (Å²) in [6.45, 7) is 0.590. The molecule has 0 atom stereocenters. The van der Waals surface area contributed by atoms with Gasteiger partial charge in [-0.15, -0.1) is 0 Å². The van der Waals surface area contributed by atoms with Crippen LogP contribution < -0.4 is 14.8 Å². The molecule has 1 N–H and O–H groups in total. The van der Waals surface area contributed by atoms with Crippen molar-refractivity contribution in [3.05, 3.63) is 52.3 Å². The van der Waals surface area contributed by atoms with Crippen molar-refractivity contribution in [1.82, 2.24) is 0 Å². The van der Waals surface area contributed by atoms with E-state index in [1.54, 1.807) is 18.2 Å². The van der Waals surface area contributed by atoms with Gasteiger partial charge in [0.1, 0.15) is 11.9 Å². The van der Waals surface area contributed by atoms with Crippen molar-refractivity contribution >= 4 is 17.3 Å². The lowest BCUT2D eigenvalue weighted by Gasteiger charge is -2.10. The van der Waals surface area contributed by atoms with Crippen LogP contribution in [0.1, 0.15) is 11.1 Å². The highest BCUT2D eigenvalue weighted by Crippen LogP contribution is 2.39. The third-order valence-corrected chi connectivity index (χ3v) is 3.41. The van der Waals surface area contributed by atoms with Gasteiger partial charge in [0.05, 0.1) is 16.3 Å². The molecule has 1 heterocycles. The Hall–Kier alpha value is -2.45. The SMILES string of the molecule is N#Cc1cc(CNc2cc3c(cc2Cl)OCO3)ccc1F. The van der Waals surface area contributed by atoms with Gasteiger partial charge >= 0.3 is 0 Å². The quantitative estimate of drug-likeness (QED) is 0.939. The third-order valence-electron chi connectivity index (χ3n) is 3.10. The lowest BCUT2D eigenvalue weighted by Crippen LogP contribution is -2.01. The van der Waals surface area contributed by atoms with E-state index in [-0.39, 0.29) is 12.4 Å². The normalized spacial score (nSPS) is 12.0. The first kappa shape index (κ1) is 13.5. The van der Waals surface area contributed by atoms with Crippen LogP contribution in [0, 0.1) is 17.1 Å². The highest BCUT2D eigenvalue weighted by molar-refractivity contribution is 6.33. The van der Waals surface area contributed by atoms with Gasteiger partial charge < -0.3 is 14.8 Å². The maximum Gasteiger partial charge on any atom is 0.231 e. The van der Waals surface area contributed by atoms with Crippen LogP contribution in [0.15, 0.2) is 30.3 Å². The molecular weight excluding hydrogens is 295 g/mol. The van der Waals surface area contributed by atoms with E-state index in [1.807, 2.05) is 6.07 Å². The topological polar surface area (TPSA) is 54.3 Å². The van der Waals surface area contributed by atoms with Gasteiger partial charge in [-0.2, -0.15) is 5.26 Å². The van der Waals surface area contributed by atoms with Crippen molar-refractivity contribution in [2.75, 3.05) is 12.1 Å². The lowest BCUT2D eigenvalue weighted by atomic mass is 10.1. The third kappa shape index (κ3) is 2.71. The average Bonchev–Trinajstić information content (AvgIpc) is 2.93.